The van der Waals surface area contributed by atoms with Gasteiger partial charge in [-0.1, -0.05) is 12.1 Å². The van der Waals surface area contributed by atoms with Gasteiger partial charge < -0.3 is 20.1 Å². The Bertz CT molecular complexity index is 707. The van der Waals surface area contributed by atoms with Crippen molar-refractivity contribution in [1.29, 1.82) is 0 Å². The number of hydrogen-bond acceptors (Lipinski definition) is 4. The van der Waals surface area contributed by atoms with Crippen molar-refractivity contribution < 1.29 is 19.1 Å². The zero-order valence-corrected chi connectivity index (χ0v) is 15.1. The number of fused-ring (bicyclic) bond motifs is 3. The van der Waals surface area contributed by atoms with Gasteiger partial charge in [0.15, 0.2) is 5.72 Å². The largest absolute Gasteiger partial charge is 0.467 e. The average molecular weight is 358 g/mol. The van der Waals surface area contributed by atoms with E-state index in [-0.39, 0.29) is 29.6 Å². The van der Waals surface area contributed by atoms with Gasteiger partial charge in [0.25, 0.3) is 5.91 Å². The van der Waals surface area contributed by atoms with Crippen LogP contribution in [0.15, 0.2) is 24.3 Å². The van der Waals surface area contributed by atoms with E-state index < -0.39 is 5.72 Å². The number of methoxy groups -OCH3 is 1. The molecule has 4 atom stereocenters. The highest BCUT2D eigenvalue weighted by Crippen LogP contribution is 2.52. The first-order valence-electron chi connectivity index (χ1n) is 9.50. The van der Waals surface area contributed by atoms with Gasteiger partial charge in [-0.2, -0.15) is 0 Å². The summed E-state index contributed by atoms with van der Waals surface area (Å²) >= 11 is 0. The number of carbonyl (C=O) groups is 2. The Balaban J connectivity index is 1.46. The highest BCUT2D eigenvalue weighted by Gasteiger charge is 2.57. The molecule has 26 heavy (non-hydrogen) atoms. The topological polar surface area (TPSA) is 76.7 Å². The molecule has 3 fully saturated rings. The average Bonchev–Trinajstić information content (AvgIpc) is 2.65. The molecule has 2 amide bonds. The summed E-state index contributed by atoms with van der Waals surface area (Å²) in [5, 5.41) is 6.17. The van der Waals surface area contributed by atoms with Crippen LogP contribution in [0.3, 0.4) is 0 Å². The molecule has 4 aliphatic rings. The van der Waals surface area contributed by atoms with Crippen LogP contribution in [0.1, 0.15) is 42.5 Å². The van der Waals surface area contributed by atoms with E-state index in [0.717, 1.165) is 25.7 Å². The Kier molecular flexibility index (Phi) is 4.61. The highest BCUT2D eigenvalue weighted by atomic mass is 16.5. The second-order valence-electron chi connectivity index (χ2n) is 7.66. The molecule has 1 aromatic carbocycles. The number of ether oxygens (including phenoxy) is 2. The van der Waals surface area contributed by atoms with Crippen molar-refractivity contribution in [2.45, 2.75) is 37.8 Å². The molecule has 0 radical (unpaired) electrons. The smallest absolute Gasteiger partial charge is 0.258 e. The molecule has 6 heteroatoms. The Morgan fingerprint density at radius 3 is 3.00 bits per heavy atom. The van der Waals surface area contributed by atoms with Crippen molar-refractivity contribution in [3.05, 3.63) is 29.8 Å². The minimum absolute atomic E-state index is 0.0135. The van der Waals surface area contributed by atoms with Crippen molar-refractivity contribution in [2.24, 2.45) is 17.8 Å². The standard InChI is InChI=1S/C20H26N2O4/c1-25-10-4-9-21-18(23)16-11-14-8-7-13(16)12-20(14)22-19(24)15-5-2-3-6-17(15)26-20/h2-3,5-6,13-14,16H,4,7-12H2,1H3,(H,21,23)(H,22,24)/t13-,14+,16+,20-/m0/s1. The molecule has 1 spiro atoms. The van der Waals surface area contributed by atoms with E-state index >= 15 is 0 Å². The summed E-state index contributed by atoms with van der Waals surface area (Å²) in [5.41, 5.74) is -0.0618. The van der Waals surface area contributed by atoms with Crippen LogP contribution in [-0.2, 0) is 9.53 Å². The summed E-state index contributed by atoms with van der Waals surface area (Å²) in [6.45, 7) is 1.30. The van der Waals surface area contributed by atoms with Gasteiger partial charge in [-0.15, -0.1) is 0 Å². The maximum Gasteiger partial charge on any atom is 0.258 e. The van der Waals surface area contributed by atoms with Crippen LogP contribution in [0.25, 0.3) is 0 Å². The lowest BCUT2D eigenvalue weighted by Gasteiger charge is -2.55. The van der Waals surface area contributed by atoms with Crippen molar-refractivity contribution in [2.75, 3.05) is 20.3 Å². The number of benzene rings is 1. The van der Waals surface area contributed by atoms with Crippen molar-refractivity contribution >= 4 is 11.8 Å². The molecule has 3 aliphatic carbocycles. The maximum atomic E-state index is 12.6. The number of amides is 2. The molecule has 1 aromatic rings. The van der Waals surface area contributed by atoms with Crippen LogP contribution >= 0.6 is 0 Å². The lowest BCUT2D eigenvalue weighted by Crippen LogP contribution is -2.66. The fraction of sp³-hybridized carbons (Fsp3) is 0.600. The van der Waals surface area contributed by atoms with Crippen molar-refractivity contribution in [1.82, 2.24) is 10.6 Å². The number of para-hydroxylation sites is 1. The molecule has 2 N–H and O–H groups in total. The van der Waals surface area contributed by atoms with E-state index in [2.05, 4.69) is 10.6 Å². The third kappa shape index (κ3) is 2.96. The number of rotatable bonds is 5. The predicted octanol–water partition coefficient (Wildman–Crippen LogP) is 2.09. The van der Waals surface area contributed by atoms with Crippen LogP contribution in [0, 0.1) is 17.8 Å². The van der Waals surface area contributed by atoms with E-state index in [4.69, 9.17) is 9.47 Å². The molecule has 6 nitrogen and oxygen atoms in total. The van der Waals surface area contributed by atoms with Gasteiger partial charge in [0.1, 0.15) is 5.75 Å². The monoisotopic (exact) mass is 358 g/mol. The summed E-state index contributed by atoms with van der Waals surface area (Å²) in [6, 6.07) is 7.38. The van der Waals surface area contributed by atoms with Gasteiger partial charge in [0.2, 0.25) is 5.91 Å². The molecular formula is C20H26N2O4. The lowest BCUT2D eigenvalue weighted by atomic mass is 9.60. The van der Waals surface area contributed by atoms with Crippen LogP contribution in [-0.4, -0.2) is 37.8 Å². The Morgan fingerprint density at radius 1 is 1.38 bits per heavy atom. The third-order valence-corrected chi connectivity index (χ3v) is 6.13. The Hall–Kier alpha value is -2.08. The van der Waals surface area contributed by atoms with E-state index in [1.807, 2.05) is 18.2 Å². The molecular weight excluding hydrogens is 332 g/mol. The fourth-order valence-corrected chi connectivity index (χ4v) is 4.84. The summed E-state index contributed by atoms with van der Waals surface area (Å²) in [4.78, 5) is 25.2. The van der Waals surface area contributed by atoms with Crippen LogP contribution in [0.5, 0.6) is 5.75 Å². The lowest BCUT2D eigenvalue weighted by molar-refractivity contribution is -0.146. The molecule has 2 bridgehead atoms. The van der Waals surface area contributed by atoms with Crippen molar-refractivity contribution in [3.8, 4) is 5.75 Å². The maximum absolute atomic E-state index is 12.6. The Labute approximate surface area is 153 Å². The van der Waals surface area contributed by atoms with Crippen molar-refractivity contribution in [3.63, 3.8) is 0 Å². The highest BCUT2D eigenvalue weighted by molar-refractivity contribution is 5.98. The first-order valence-corrected chi connectivity index (χ1v) is 9.50. The molecule has 5 rings (SSSR count). The molecule has 1 aliphatic heterocycles. The predicted molar refractivity (Wildman–Crippen MR) is 95.7 cm³/mol. The number of carbonyl (C=O) groups excluding carboxylic acids is 2. The van der Waals surface area contributed by atoms with E-state index in [1.165, 1.54) is 0 Å². The van der Waals surface area contributed by atoms with Crippen LogP contribution in [0.4, 0.5) is 0 Å². The fourth-order valence-electron chi connectivity index (χ4n) is 4.84. The normalized spacial score (nSPS) is 31.9. The first kappa shape index (κ1) is 17.3. The summed E-state index contributed by atoms with van der Waals surface area (Å²) in [7, 11) is 1.66. The number of nitrogens with one attached hydrogen (secondary N) is 2. The van der Waals surface area contributed by atoms with E-state index in [0.29, 0.717) is 30.9 Å². The molecule has 1 heterocycles. The quantitative estimate of drug-likeness (QED) is 0.791. The van der Waals surface area contributed by atoms with Gasteiger partial charge in [0.05, 0.1) is 5.56 Å². The molecule has 140 valence electrons. The van der Waals surface area contributed by atoms with Gasteiger partial charge in [-0.3, -0.25) is 9.59 Å². The minimum Gasteiger partial charge on any atom is -0.467 e. The van der Waals surface area contributed by atoms with E-state index in [9.17, 15) is 9.59 Å². The first-order chi connectivity index (χ1) is 12.6. The van der Waals surface area contributed by atoms with Gasteiger partial charge in [0, 0.05) is 38.5 Å². The Morgan fingerprint density at radius 2 is 2.23 bits per heavy atom. The summed E-state index contributed by atoms with van der Waals surface area (Å²) < 4.78 is 11.4. The van der Waals surface area contributed by atoms with Gasteiger partial charge in [-0.05, 0) is 43.7 Å². The second-order valence-corrected chi connectivity index (χ2v) is 7.66. The van der Waals surface area contributed by atoms with Gasteiger partial charge >= 0.3 is 0 Å². The zero-order valence-electron chi connectivity index (χ0n) is 15.1. The molecule has 0 aromatic heterocycles. The van der Waals surface area contributed by atoms with Gasteiger partial charge in [-0.25, -0.2) is 0 Å². The summed E-state index contributed by atoms with van der Waals surface area (Å²) in [6.07, 6.45) is 4.30. The number of hydrogen-bond donors (Lipinski definition) is 2. The third-order valence-electron chi connectivity index (χ3n) is 6.13. The minimum atomic E-state index is -0.652. The molecule has 0 unspecified atom stereocenters. The van der Waals surface area contributed by atoms with Crippen LogP contribution < -0.4 is 15.4 Å². The molecule has 0 saturated heterocycles. The van der Waals surface area contributed by atoms with Crippen LogP contribution in [0.2, 0.25) is 0 Å². The second kappa shape index (κ2) is 6.91. The zero-order chi connectivity index (χ0) is 18.1. The SMILES string of the molecule is COCCCNC(=O)[C@@H]1C[C@H]2CC[C@H]1C[C@@]21NC(=O)c2ccccc2O1. The molecule has 3 saturated carbocycles. The summed E-state index contributed by atoms with van der Waals surface area (Å²) in [5.74, 6) is 1.14. The van der Waals surface area contributed by atoms with E-state index in [1.54, 1.807) is 13.2 Å².